The summed E-state index contributed by atoms with van der Waals surface area (Å²) in [6.07, 6.45) is 1.40. The third-order valence-electron chi connectivity index (χ3n) is 1.72. The van der Waals surface area contributed by atoms with E-state index in [4.69, 9.17) is 16.9 Å². The first-order chi connectivity index (χ1) is 6.81. The molecule has 4 nitrogen and oxygen atoms in total. The molecule has 0 N–H and O–H groups in total. The topological polar surface area (TPSA) is 54.5 Å². The molecule has 0 bridgehead atoms. The van der Waals surface area contributed by atoms with Gasteiger partial charge in [0, 0.05) is 5.02 Å². The highest BCUT2D eigenvalue weighted by molar-refractivity contribution is 6.30. The van der Waals surface area contributed by atoms with Crippen molar-refractivity contribution in [1.29, 1.82) is 5.26 Å². The number of aromatic nitrogens is 3. The minimum absolute atomic E-state index is 0.382. The number of hydrogen-bond donors (Lipinski definition) is 0. The zero-order valence-corrected chi connectivity index (χ0v) is 7.81. The highest BCUT2D eigenvalue weighted by Crippen LogP contribution is 2.14. The molecule has 2 rings (SSSR count). The molecule has 0 saturated carbocycles. The van der Waals surface area contributed by atoms with Gasteiger partial charge in [-0.25, -0.2) is 4.68 Å². The van der Waals surface area contributed by atoms with E-state index in [2.05, 4.69) is 10.3 Å². The maximum atomic E-state index is 8.75. The molecular weight excluding hydrogens is 200 g/mol. The van der Waals surface area contributed by atoms with Crippen molar-refractivity contribution >= 4 is 11.6 Å². The van der Waals surface area contributed by atoms with Crippen molar-refractivity contribution in [3.63, 3.8) is 0 Å². The first-order valence-electron chi connectivity index (χ1n) is 3.88. The van der Waals surface area contributed by atoms with Gasteiger partial charge in [-0.1, -0.05) is 22.9 Å². The molecule has 0 saturated heterocycles. The molecule has 0 aliphatic rings. The third-order valence-corrected chi connectivity index (χ3v) is 1.95. The van der Waals surface area contributed by atoms with E-state index < -0.39 is 0 Å². The summed E-state index contributed by atoms with van der Waals surface area (Å²) in [6, 6.07) is 9.06. The smallest absolute Gasteiger partial charge is 0.164 e. The molecule has 0 fully saturated rings. The summed E-state index contributed by atoms with van der Waals surface area (Å²) in [5.74, 6) is 0. The van der Waals surface area contributed by atoms with Crippen molar-refractivity contribution in [3.05, 3.63) is 41.2 Å². The second kappa shape index (κ2) is 3.48. The molecule has 1 aromatic heterocycles. The van der Waals surface area contributed by atoms with Gasteiger partial charge in [0.1, 0.15) is 6.07 Å². The van der Waals surface area contributed by atoms with Crippen molar-refractivity contribution in [2.45, 2.75) is 0 Å². The molecule has 0 amide bonds. The Kier molecular flexibility index (Phi) is 2.17. The lowest BCUT2D eigenvalue weighted by Gasteiger charge is -2.00. The monoisotopic (exact) mass is 204 g/mol. The molecular formula is C9H5ClN4. The van der Waals surface area contributed by atoms with Gasteiger partial charge in [-0.2, -0.15) is 5.26 Å². The van der Waals surface area contributed by atoms with E-state index in [9.17, 15) is 0 Å². The number of halogens is 1. The summed E-state index contributed by atoms with van der Waals surface area (Å²) in [6.45, 7) is 0. The summed E-state index contributed by atoms with van der Waals surface area (Å²) >= 11 is 5.81. The summed E-state index contributed by atoms with van der Waals surface area (Å²) in [5.41, 5.74) is 1.11. The number of rotatable bonds is 1. The Bertz CT molecular complexity index is 498. The van der Waals surface area contributed by atoms with Crippen LogP contribution in [0.5, 0.6) is 0 Å². The van der Waals surface area contributed by atoms with E-state index >= 15 is 0 Å². The van der Waals surface area contributed by atoms with Gasteiger partial charge in [0.15, 0.2) is 5.69 Å². The Hall–Kier alpha value is -1.86. The quantitative estimate of drug-likeness (QED) is 0.712. The Morgan fingerprint density at radius 3 is 3.00 bits per heavy atom. The molecule has 0 radical (unpaired) electrons. The van der Waals surface area contributed by atoms with Gasteiger partial charge in [-0.3, -0.25) is 0 Å². The second-order valence-electron chi connectivity index (χ2n) is 2.62. The van der Waals surface area contributed by atoms with Crippen molar-refractivity contribution in [2.24, 2.45) is 0 Å². The molecule has 14 heavy (non-hydrogen) atoms. The van der Waals surface area contributed by atoms with Crippen LogP contribution in [0.1, 0.15) is 5.69 Å². The molecule has 1 heterocycles. The zero-order valence-electron chi connectivity index (χ0n) is 7.05. The van der Waals surface area contributed by atoms with Crippen LogP contribution in [0.4, 0.5) is 0 Å². The largest absolute Gasteiger partial charge is 0.203 e. The van der Waals surface area contributed by atoms with Crippen LogP contribution < -0.4 is 0 Å². The molecule has 2 aromatic rings. The van der Waals surface area contributed by atoms with Gasteiger partial charge in [0.2, 0.25) is 0 Å². The van der Waals surface area contributed by atoms with Crippen LogP contribution in [-0.2, 0) is 0 Å². The molecule has 0 atom stereocenters. The van der Waals surface area contributed by atoms with E-state index in [0.717, 1.165) is 5.69 Å². The fourth-order valence-electron chi connectivity index (χ4n) is 1.11. The average molecular weight is 205 g/mol. The molecule has 0 unspecified atom stereocenters. The van der Waals surface area contributed by atoms with Gasteiger partial charge in [0.05, 0.1) is 11.9 Å². The summed E-state index contributed by atoms with van der Waals surface area (Å²) in [7, 11) is 0. The first kappa shape index (κ1) is 8.73. The fourth-order valence-corrected chi connectivity index (χ4v) is 1.29. The van der Waals surface area contributed by atoms with Gasteiger partial charge in [-0.15, -0.1) is 5.10 Å². The van der Waals surface area contributed by atoms with Crippen LogP contribution in [0.25, 0.3) is 5.69 Å². The number of hydrogen-bond acceptors (Lipinski definition) is 3. The van der Waals surface area contributed by atoms with Crippen molar-refractivity contribution < 1.29 is 0 Å². The lowest BCUT2D eigenvalue weighted by Crippen LogP contribution is -1.99. The van der Waals surface area contributed by atoms with Crippen LogP contribution in [0.3, 0.4) is 0 Å². The van der Waals surface area contributed by atoms with Crippen LogP contribution in [0.15, 0.2) is 30.5 Å². The summed E-state index contributed by atoms with van der Waals surface area (Å²) in [4.78, 5) is 0. The maximum absolute atomic E-state index is 8.75. The SMILES string of the molecule is N#Cc1cnnn1-c1cccc(Cl)c1. The minimum Gasteiger partial charge on any atom is -0.203 e. The third kappa shape index (κ3) is 1.45. The lowest BCUT2D eigenvalue weighted by molar-refractivity contribution is 0.796. The van der Waals surface area contributed by atoms with E-state index in [1.165, 1.54) is 10.9 Å². The molecule has 1 aromatic carbocycles. The highest BCUT2D eigenvalue weighted by Gasteiger charge is 2.04. The predicted molar refractivity (Wildman–Crippen MR) is 51.1 cm³/mol. The van der Waals surface area contributed by atoms with E-state index in [1.807, 2.05) is 6.07 Å². The van der Waals surface area contributed by atoms with Gasteiger partial charge in [0.25, 0.3) is 0 Å². The lowest BCUT2D eigenvalue weighted by atomic mass is 10.3. The first-order valence-corrected chi connectivity index (χ1v) is 4.26. The average Bonchev–Trinajstić information content (AvgIpc) is 2.65. The van der Waals surface area contributed by atoms with Gasteiger partial charge < -0.3 is 0 Å². The molecule has 5 heteroatoms. The predicted octanol–water partition coefficient (Wildman–Crippen LogP) is 1.79. The van der Waals surface area contributed by atoms with Gasteiger partial charge in [-0.05, 0) is 18.2 Å². The van der Waals surface area contributed by atoms with Crippen molar-refractivity contribution in [3.8, 4) is 11.8 Å². The normalized spacial score (nSPS) is 9.71. The van der Waals surface area contributed by atoms with Crippen molar-refractivity contribution in [2.75, 3.05) is 0 Å². The van der Waals surface area contributed by atoms with E-state index in [-0.39, 0.29) is 0 Å². The van der Waals surface area contributed by atoms with Crippen LogP contribution in [0, 0.1) is 11.3 Å². The van der Waals surface area contributed by atoms with Crippen LogP contribution >= 0.6 is 11.6 Å². The molecule has 68 valence electrons. The molecule has 0 spiro atoms. The Balaban J connectivity index is 2.56. The highest BCUT2D eigenvalue weighted by atomic mass is 35.5. The molecule has 0 aliphatic carbocycles. The fraction of sp³-hybridized carbons (Fsp3) is 0. The Labute approximate surface area is 85.3 Å². The zero-order chi connectivity index (χ0) is 9.97. The number of nitrogens with zero attached hydrogens (tertiary/aromatic N) is 4. The standard InChI is InChI=1S/C9H5ClN4/c10-7-2-1-3-8(4-7)14-9(5-11)6-12-13-14/h1-4,6H. The van der Waals surface area contributed by atoms with Crippen molar-refractivity contribution in [1.82, 2.24) is 15.0 Å². The second-order valence-corrected chi connectivity index (χ2v) is 3.06. The number of benzene rings is 1. The maximum Gasteiger partial charge on any atom is 0.164 e. The van der Waals surface area contributed by atoms with E-state index in [0.29, 0.717) is 10.7 Å². The Morgan fingerprint density at radius 1 is 1.43 bits per heavy atom. The number of nitriles is 1. The minimum atomic E-state index is 0.382. The molecule has 0 aliphatic heterocycles. The summed E-state index contributed by atoms with van der Waals surface area (Å²) in [5, 5.41) is 16.8. The van der Waals surface area contributed by atoms with Crippen LogP contribution in [-0.4, -0.2) is 15.0 Å². The van der Waals surface area contributed by atoms with Crippen LogP contribution in [0.2, 0.25) is 5.02 Å². The Morgan fingerprint density at radius 2 is 2.29 bits per heavy atom. The summed E-state index contributed by atoms with van der Waals surface area (Å²) < 4.78 is 1.44. The van der Waals surface area contributed by atoms with Gasteiger partial charge >= 0.3 is 0 Å². The van der Waals surface area contributed by atoms with E-state index in [1.54, 1.807) is 24.3 Å².